The zero-order chi connectivity index (χ0) is 13.3. The van der Waals surface area contributed by atoms with Gasteiger partial charge >= 0.3 is 5.97 Å². The van der Waals surface area contributed by atoms with Crippen LogP contribution in [0.2, 0.25) is 0 Å². The predicted octanol–water partition coefficient (Wildman–Crippen LogP) is 1.48. The van der Waals surface area contributed by atoms with Crippen LogP contribution in [-0.2, 0) is 4.74 Å². The summed E-state index contributed by atoms with van der Waals surface area (Å²) in [6.07, 6.45) is 2.85. The van der Waals surface area contributed by atoms with E-state index in [9.17, 15) is 9.59 Å². The van der Waals surface area contributed by atoms with Gasteiger partial charge in [0.15, 0.2) is 0 Å². The minimum atomic E-state index is -0.613. The van der Waals surface area contributed by atoms with Gasteiger partial charge in [0.1, 0.15) is 11.2 Å². The average Bonchev–Trinajstić information content (AvgIpc) is 2.74. The molecule has 0 aliphatic heterocycles. The molecule has 0 amide bonds. The third-order valence-electron chi connectivity index (χ3n) is 2.62. The maximum Gasteiger partial charge on any atom is 0.343 e. The number of rotatable bonds is 3. The van der Waals surface area contributed by atoms with Crippen molar-refractivity contribution in [2.75, 3.05) is 6.61 Å². The number of esters is 1. The Hall–Kier alpha value is -2.11. The van der Waals surface area contributed by atoms with Gasteiger partial charge in [0.05, 0.1) is 18.2 Å². The first-order valence-corrected chi connectivity index (χ1v) is 5.82. The Labute approximate surface area is 104 Å². The Bertz CT molecular complexity index is 640. The number of hydrogen-bond donors (Lipinski definition) is 1. The van der Waals surface area contributed by atoms with E-state index < -0.39 is 5.97 Å². The van der Waals surface area contributed by atoms with Crippen molar-refractivity contribution in [1.82, 2.24) is 14.8 Å². The zero-order valence-corrected chi connectivity index (χ0v) is 10.6. The molecule has 0 fully saturated rings. The summed E-state index contributed by atoms with van der Waals surface area (Å²) in [4.78, 5) is 26.6. The molecule has 0 saturated heterocycles. The number of H-pyrrole nitrogens is 1. The number of fused-ring (bicyclic) bond motifs is 1. The lowest BCUT2D eigenvalue weighted by molar-refractivity contribution is 0.0524. The molecule has 2 rings (SSSR count). The van der Waals surface area contributed by atoms with Crippen molar-refractivity contribution in [2.24, 2.45) is 0 Å². The SMILES string of the molecule is CCOC(=O)c1c[nH]c2c(cnn2C(C)C)c1=O. The highest BCUT2D eigenvalue weighted by molar-refractivity contribution is 5.92. The lowest BCUT2D eigenvalue weighted by atomic mass is 10.2. The third kappa shape index (κ3) is 1.90. The summed E-state index contributed by atoms with van der Waals surface area (Å²) < 4.78 is 6.53. The highest BCUT2D eigenvalue weighted by Gasteiger charge is 2.16. The molecule has 0 spiro atoms. The molecule has 0 bridgehead atoms. The van der Waals surface area contributed by atoms with Crippen molar-refractivity contribution in [1.29, 1.82) is 0 Å². The first-order valence-electron chi connectivity index (χ1n) is 5.82. The lowest BCUT2D eigenvalue weighted by Crippen LogP contribution is -2.18. The Kier molecular flexibility index (Phi) is 3.18. The second-order valence-corrected chi connectivity index (χ2v) is 4.20. The van der Waals surface area contributed by atoms with E-state index in [1.165, 1.54) is 12.4 Å². The largest absolute Gasteiger partial charge is 0.462 e. The molecule has 96 valence electrons. The van der Waals surface area contributed by atoms with Crippen molar-refractivity contribution in [3.63, 3.8) is 0 Å². The normalized spacial score (nSPS) is 11.1. The molecule has 2 aromatic heterocycles. The molecule has 6 heteroatoms. The van der Waals surface area contributed by atoms with Crippen LogP contribution < -0.4 is 5.43 Å². The summed E-state index contributed by atoms with van der Waals surface area (Å²) in [7, 11) is 0. The number of nitrogens with one attached hydrogen (secondary N) is 1. The molecule has 2 aromatic rings. The molecule has 0 aliphatic rings. The van der Waals surface area contributed by atoms with Crippen molar-refractivity contribution in [2.45, 2.75) is 26.8 Å². The fourth-order valence-corrected chi connectivity index (χ4v) is 1.78. The standard InChI is InChI=1S/C12H15N3O3/c1-4-18-12(17)9-5-13-11-8(10(9)16)6-14-15(11)7(2)3/h5-7H,4H2,1-3H3,(H,13,16). The molecule has 6 nitrogen and oxygen atoms in total. The first kappa shape index (κ1) is 12.3. The quantitative estimate of drug-likeness (QED) is 0.836. The smallest absolute Gasteiger partial charge is 0.343 e. The van der Waals surface area contributed by atoms with E-state index in [0.717, 1.165) is 0 Å². The number of aromatic amines is 1. The lowest BCUT2D eigenvalue weighted by Gasteiger charge is -2.07. The number of carbonyl (C=O) groups is 1. The van der Waals surface area contributed by atoms with Crippen LogP contribution >= 0.6 is 0 Å². The molecule has 0 atom stereocenters. The zero-order valence-electron chi connectivity index (χ0n) is 10.6. The highest BCUT2D eigenvalue weighted by atomic mass is 16.5. The van der Waals surface area contributed by atoms with Crippen LogP contribution in [-0.4, -0.2) is 27.3 Å². The number of pyridine rings is 1. The summed E-state index contributed by atoms with van der Waals surface area (Å²) in [6, 6.07) is 0.131. The molecule has 18 heavy (non-hydrogen) atoms. The summed E-state index contributed by atoms with van der Waals surface area (Å²) in [6.45, 7) is 5.86. The maximum absolute atomic E-state index is 12.1. The molecule has 0 aliphatic carbocycles. The summed E-state index contributed by atoms with van der Waals surface area (Å²) in [5, 5.41) is 4.53. The van der Waals surface area contributed by atoms with Crippen LogP contribution in [0.4, 0.5) is 0 Å². The van der Waals surface area contributed by atoms with Crippen molar-refractivity contribution in [3.05, 3.63) is 28.2 Å². The Balaban J connectivity index is 2.59. The van der Waals surface area contributed by atoms with E-state index in [1.807, 2.05) is 13.8 Å². The van der Waals surface area contributed by atoms with Crippen LogP contribution in [0.15, 0.2) is 17.2 Å². The van der Waals surface area contributed by atoms with Crippen LogP contribution in [0.25, 0.3) is 11.0 Å². The second-order valence-electron chi connectivity index (χ2n) is 4.20. The van der Waals surface area contributed by atoms with Gasteiger partial charge in [-0.2, -0.15) is 5.10 Å². The molecular formula is C12H15N3O3. The summed E-state index contributed by atoms with van der Waals surface area (Å²) in [5.74, 6) is -0.613. The monoisotopic (exact) mass is 249 g/mol. The van der Waals surface area contributed by atoms with Gasteiger partial charge in [0, 0.05) is 12.2 Å². The van der Waals surface area contributed by atoms with Gasteiger partial charge in [-0.25, -0.2) is 9.48 Å². The molecule has 0 saturated carbocycles. The van der Waals surface area contributed by atoms with E-state index in [2.05, 4.69) is 10.1 Å². The number of hydrogen-bond acceptors (Lipinski definition) is 4. The Morgan fingerprint density at radius 2 is 2.28 bits per heavy atom. The third-order valence-corrected chi connectivity index (χ3v) is 2.62. The Morgan fingerprint density at radius 1 is 1.56 bits per heavy atom. The van der Waals surface area contributed by atoms with E-state index in [0.29, 0.717) is 11.0 Å². The molecular weight excluding hydrogens is 234 g/mol. The average molecular weight is 249 g/mol. The fourth-order valence-electron chi connectivity index (χ4n) is 1.78. The van der Waals surface area contributed by atoms with Gasteiger partial charge in [-0.05, 0) is 20.8 Å². The summed E-state index contributed by atoms with van der Waals surface area (Å²) in [5.41, 5.74) is 0.268. The summed E-state index contributed by atoms with van der Waals surface area (Å²) >= 11 is 0. The van der Waals surface area contributed by atoms with Crippen molar-refractivity contribution >= 4 is 17.0 Å². The van der Waals surface area contributed by atoms with E-state index >= 15 is 0 Å². The molecule has 0 unspecified atom stereocenters. The minimum Gasteiger partial charge on any atom is -0.462 e. The topological polar surface area (TPSA) is 77.0 Å². The number of aromatic nitrogens is 3. The number of carbonyl (C=O) groups excluding carboxylic acids is 1. The van der Waals surface area contributed by atoms with Gasteiger partial charge in [0.25, 0.3) is 0 Å². The number of ether oxygens (including phenoxy) is 1. The van der Waals surface area contributed by atoms with Crippen LogP contribution in [0, 0.1) is 0 Å². The molecule has 1 N–H and O–H groups in total. The van der Waals surface area contributed by atoms with Crippen molar-refractivity contribution in [3.8, 4) is 0 Å². The number of nitrogens with zero attached hydrogens (tertiary/aromatic N) is 2. The van der Waals surface area contributed by atoms with E-state index in [1.54, 1.807) is 11.6 Å². The van der Waals surface area contributed by atoms with Gasteiger partial charge in [-0.1, -0.05) is 0 Å². The Morgan fingerprint density at radius 3 is 2.89 bits per heavy atom. The van der Waals surface area contributed by atoms with Gasteiger partial charge in [-0.15, -0.1) is 0 Å². The fraction of sp³-hybridized carbons (Fsp3) is 0.417. The van der Waals surface area contributed by atoms with Crippen LogP contribution in [0.5, 0.6) is 0 Å². The van der Waals surface area contributed by atoms with Crippen LogP contribution in [0.1, 0.15) is 37.2 Å². The molecule has 2 heterocycles. The van der Waals surface area contributed by atoms with Gasteiger partial charge in [-0.3, -0.25) is 4.79 Å². The van der Waals surface area contributed by atoms with Gasteiger partial charge in [0.2, 0.25) is 5.43 Å². The predicted molar refractivity (Wildman–Crippen MR) is 66.7 cm³/mol. The van der Waals surface area contributed by atoms with Gasteiger partial charge < -0.3 is 9.72 Å². The van der Waals surface area contributed by atoms with Crippen molar-refractivity contribution < 1.29 is 9.53 Å². The van der Waals surface area contributed by atoms with E-state index in [4.69, 9.17) is 4.74 Å². The first-order chi connectivity index (χ1) is 8.56. The maximum atomic E-state index is 12.1. The minimum absolute atomic E-state index is 0.00709. The molecule has 0 radical (unpaired) electrons. The second kappa shape index (κ2) is 4.64. The molecule has 0 aromatic carbocycles. The highest BCUT2D eigenvalue weighted by Crippen LogP contribution is 2.12. The van der Waals surface area contributed by atoms with Crippen LogP contribution in [0.3, 0.4) is 0 Å². The van der Waals surface area contributed by atoms with E-state index in [-0.39, 0.29) is 23.6 Å².